The van der Waals surface area contributed by atoms with Crippen molar-refractivity contribution >= 4 is 114 Å². The Hall–Kier alpha value is -12.4. The van der Waals surface area contributed by atoms with E-state index in [-0.39, 0.29) is 13.4 Å². The molecule has 0 radical (unpaired) electrons. The molecule has 0 amide bonds. The van der Waals surface area contributed by atoms with Gasteiger partial charge in [-0.05, 0) is 158 Å². The largest absolute Gasteiger partial charge is 0.311 e. The summed E-state index contributed by atoms with van der Waals surface area (Å²) in [6.45, 7) is 4.26. The molecule has 0 spiro atoms. The summed E-state index contributed by atoms with van der Waals surface area (Å²) < 4.78 is 0. The lowest BCUT2D eigenvalue weighted by Gasteiger charge is -2.48. The van der Waals surface area contributed by atoms with Crippen LogP contribution in [0, 0.1) is 0 Å². The van der Waals surface area contributed by atoms with Crippen LogP contribution in [0.1, 0.15) is 76.3 Å². The zero-order chi connectivity index (χ0) is 72.0. The number of para-hydroxylation sites is 6. The minimum absolute atomic E-state index is 0.182. The zero-order valence-corrected chi connectivity index (χ0v) is 61.5. The van der Waals surface area contributed by atoms with E-state index >= 15 is 0 Å². The van der Waals surface area contributed by atoms with Crippen molar-refractivity contribution in [2.75, 3.05) is 19.6 Å². The van der Waals surface area contributed by atoms with Crippen molar-refractivity contribution in [2.45, 2.75) is 78.1 Å². The van der Waals surface area contributed by atoms with Gasteiger partial charge in [-0.1, -0.05) is 350 Å². The van der Waals surface area contributed by atoms with Crippen molar-refractivity contribution in [2.24, 2.45) is 0 Å². The molecule has 6 heteroatoms. The molecule has 0 aliphatic carbocycles. The number of anilines is 12. The Bertz CT molecular complexity index is 5640. The second-order valence-corrected chi connectivity index (χ2v) is 29.6. The molecule has 0 atom stereocenters. The fraction of sp³-hybridized carbons (Fsp3) is 0.118. The lowest BCUT2D eigenvalue weighted by atomic mass is 9.30. The summed E-state index contributed by atoms with van der Waals surface area (Å²) in [6.07, 6.45) is 11.2. The van der Waals surface area contributed by atoms with E-state index in [0.717, 1.165) is 43.5 Å². The SMILES string of the molecule is CCCCCCc1cc2c3c(c1)N(c1c(-c4ccccc4)cccc1-c1ccccc1)c1ccccc1B3c1cc3c(cc1N2c1ccccc1)N(c1c(-c2ccccc2)cccc1-c1ccccc1)c1cc(CCCCCC)cc2c1B3c1ccccc1N2c1c(-c2ccccc2)cccc1-c1ccccc1. The monoisotopic (exact) mass is 1390 g/mol. The first-order chi connectivity index (χ1) is 53.6. The molecule has 0 fully saturated rings. The first-order valence-electron chi connectivity index (χ1n) is 39.3. The minimum Gasteiger partial charge on any atom is -0.311 e. The van der Waals surface area contributed by atoms with Crippen LogP contribution in [0.2, 0.25) is 0 Å². The maximum atomic E-state index is 2.77. The molecule has 4 heterocycles. The topological polar surface area (TPSA) is 13.0 Å². The van der Waals surface area contributed by atoms with E-state index in [1.165, 1.54) is 200 Å². The van der Waals surface area contributed by atoms with Crippen LogP contribution in [0.3, 0.4) is 0 Å². The van der Waals surface area contributed by atoms with Crippen molar-refractivity contribution in [1.29, 1.82) is 0 Å². The lowest BCUT2D eigenvalue weighted by Crippen LogP contribution is -2.65. The predicted octanol–water partition coefficient (Wildman–Crippen LogP) is 24.1. The number of fused-ring (bicyclic) bond motifs is 8. The van der Waals surface area contributed by atoms with E-state index in [9.17, 15) is 0 Å². The van der Waals surface area contributed by atoms with Crippen molar-refractivity contribution in [3.05, 3.63) is 363 Å². The highest BCUT2D eigenvalue weighted by Gasteiger charge is 2.50. The summed E-state index contributed by atoms with van der Waals surface area (Å²) in [5.41, 5.74) is 38.8. The summed E-state index contributed by atoms with van der Waals surface area (Å²) in [4.78, 5) is 10.8. The van der Waals surface area contributed by atoms with Gasteiger partial charge in [0.05, 0.1) is 17.1 Å². The maximum Gasteiger partial charge on any atom is 0.252 e. The van der Waals surface area contributed by atoms with Crippen LogP contribution < -0.4 is 52.4 Å². The Labute approximate surface area is 637 Å². The highest BCUT2D eigenvalue weighted by molar-refractivity contribution is 7.03. The van der Waals surface area contributed by atoms with Gasteiger partial charge in [-0.3, -0.25) is 0 Å². The van der Waals surface area contributed by atoms with E-state index in [2.05, 4.69) is 385 Å². The second-order valence-electron chi connectivity index (χ2n) is 29.6. The van der Waals surface area contributed by atoms with Gasteiger partial charge in [0.25, 0.3) is 13.4 Å². The summed E-state index contributed by atoms with van der Waals surface area (Å²) in [5.74, 6) is 0. The first kappa shape index (κ1) is 66.3. The minimum atomic E-state index is -0.209. The van der Waals surface area contributed by atoms with E-state index in [1.807, 2.05) is 0 Å². The van der Waals surface area contributed by atoms with E-state index in [0.29, 0.717) is 0 Å². The molecule has 0 saturated carbocycles. The third-order valence-corrected chi connectivity index (χ3v) is 23.1. The van der Waals surface area contributed by atoms with Crippen molar-refractivity contribution in [3.8, 4) is 66.8 Å². The highest BCUT2D eigenvalue weighted by atomic mass is 15.2. The van der Waals surface area contributed by atoms with Gasteiger partial charge in [0.15, 0.2) is 0 Å². The van der Waals surface area contributed by atoms with Gasteiger partial charge in [-0.15, -0.1) is 0 Å². The smallest absolute Gasteiger partial charge is 0.252 e. The number of nitrogens with zero attached hydrogens (tertiary/aromatic N) is 4. The molecule has 0 N–H and O–H groups in total. The predicted molar refractivity (Wildman–Crippen MR) is 463 cm³/mol. The molecular weight excluding hydrogens is 1300 g/mol. The van der Waals surface area contributed by atoms with Crippen molar-refractivity contribution in [1.82, 2.24) is 0 Å². The molecule has 518 valence electrons. The molecule has 0 aromatic heterocycles. The van der Waals surface area contributed by atoms with Crippen LogP contribution in [0.25, 0.3) is 66.8 Å². The fourth-order valence-electron chi connectivity index (χ4n) is 18.3. The third-order valence-electron chi connectivity index (χ3n) is 23.1. The highest BCUT2D eigenvalue weighted by Crippen LogP contribution is 2.56. The van der Waals surface area contributed by atoms with Crippen LogP contribution in [-0.4, -0.2) is 13.4 Å². The number of hydrogen-bond acceptors (Lipinski definition) is 4. The van der Waals surface area contributed by atoms with Crippen LogP contribution in [0.5, 0.6) is 0 Å². The lowest BCUT2D eigenvalue weighted by molar-refractivity contribution is 0.667. The summed E-state index contributed by atoms with van der Waals surface area (Å²) in [5, 5.41) is 0. The van der Waals surface area contributed by atoms with Crippen LogP contribution in [0.4, 0.5) is 68.2 Å². The first-order valence-corrected chi connectivity index (χ1v) is 39.3. The average Bonchev–Trinajstić information content (AvgIpc) is 0.681. The molecule has 15 aromatic rings. The molecule has 0 bridgehead atoms. The molecule has 4 aliphatic heterocycles. The van der Waals surface area contributed by atoms with E-state index in [1.54, 1.807) is 0 Å². The number of rotatable bonds is 20. The van der Waals surface area contributed by atoms with Gasteiger partial charge in [-0.25, -0.2) is 0 Å². The van der Waals surface area contributed by atoms with Crippen LogP contribution in [-0.2, 0) is 12.8 Å². The molecule has 4 aliphatic rings. The van der Waals surface area contributed by atoms with Gasteiger partial charge >= 0.3 is 0 Å². The number of hydrogen-bond donors (Lipinski definition) is 0. The molecule has 15 aromatic carbocycles. The molecule has 19 rings (SSSR count). The summed E-state index contributed by atoms with van der Waals surface area (Å²) in [6, 6.07) is 134. The molecule has 0 unspecified atom stereocenters. The summed E-state index contributed by atoms with van der Waals surface area (Å²) >= 11 is 0. The van der Waals surface area contributed by atoms with E-state index < -0.39 is 0 Å². The van der Waals surface area contributed by atoms with Gasteiger partial charge in [0.2, 0.25) is 0 Å². The number of aryl methyl sites for hydroxylation is 2. The normalized spacial score (nSPS) is 12.8. The Balaban J connectivity index is 0.955. The Morgan fingerprint density at radius 3 is 0.815 bits per heavy atom. The summed E-state index contributed by atoms with van der Waals surface area (Å²) in [7, 11) is 0. The van der Waals surface area contributed by atoms with E-state index in [4.69, 9.17) is 0 Å². The third kappa shape index (κ3) is 11.6. The standard InChI is InChI=1S/C102H84B2N4/c1-3-5-7-16-39-71-65-94-98-95(66-71)106(100-80(73-41-18-9-19-42-73)55-36-56-81(100)74-43-20-10-21-44-74)90-63-34-32-61-86(90)103(98)88-69-89-93(70-92(88)105(94)79-53-30-15-31-54-79)108(102-84(77-49-26-13-27-50-77)59-38-60-85(102)78-51-28-14-29-52-78)97-68-72(40-17-8-6-4-2)67-96-99(97)104(89)87-62-33-35-64-91(87)107(96)101-82(75-45-22-11-23-46-75)57-37-58-83(101)76-47-24-12-25-48-76/h9-15,18-38,41-70H,3-8,16-17,39-40H2,1-2H3. The molecule has 0 saturated heterocycles. The van der Waals surface area contributed by atoms with Crippen molar-refractivity contribution in [3.63, 3.8) is 0 Å². The molecule has 108 heavy (non-hydrogen) atoms. The second kappa shape index (κ2) is 28.8. The average molecular weight is 1390 g/mol. The van der Waals surface area contributed by atoms with Crippen LogP contribution >= 0.6 is 0 Å². The van der Waals surface area contributed by atoms with Gasteiger partial charge in [0.1, 0.15) is 0 Å². The quantitative estimate of drug-likeness (QED) is 0.0557. The number of unbranched alkanes of at least 4 members (excludes halogenated alkanes) is 6. The Morgan fingerprint density at radius 2 is 0.491 bits per heavy atom. The molecule has 4 nitrogen and oxygen atoms in total. The van der Waals surface area contributed by atoms with Gasteiger partial charge in [-0.2, -0.15) is 0 Å². The van der Waals surface area contributed by atoms with Gasteiger partial charge in [0, 0.05) is 84.6 Å². The Kier molecular flexibility index (Phi) is 17.7. The Morgan fingerprint density at radius 1 is 0.213 bits per heavy atom. The number of benzene rings is 15. The molecular formula is C102H84B2N4. The maximum absolute atomic E-state index is 2.77. The van der Waals surface area contributed by atoms with Gasteiger partial charge < -0.3 is 19.6 Å². The zero-order valence-electron chi connectivity index (χ0n) is 61.5. The van der Waals surface area contributed by atoms with Crippen molar-refractivity contribution < 1.29 is 0 Å². The van der Waals surface area contributed by atoms with Crippen LogP contribution in [0.15, 0.2) is 352 Å². The fourth-order valence-corrected chi connectivity index (χ4v) is 18.3.